The highest BCUT2D eigenvalue weighted by Crippen LogP contribution is 2.26. The number of non-ortho nitro benzene ring substituents is 1. The molecule has 0 aromatic heterocycles. The van der Waals surface area contributed by atoms with Crippen molar-refractivity contribution in [3.8, 4) is 0 Å². The van der Waals surface area contributed by atoms with Crippen LogP contribution in [0.25, 0.3) is 0 Å². The van der Waals surface area contributed by atoms with Crippen LogP contribution in [0.4, 0.5) is 5.69 Å². The lowest BCUT2D eigenvalue weighted by atomic mass is 9.89. The zero-order valence-electron chi connectivity index (χ0n) is 13.5. The molecule has 124 valence electrons. The Morgan fingerprint density at radius 2 is 2.04 bits per heavy atom. The summed E-state index contributed by atoms with van der Waals surface area (Å²) in [6.07, 6.45) is 5.07. The molecular weight excluding hydrogens is 312 g/mol. The summed E-state index contributed by atoms with van der Waals surface area (Å²) in [6, 6.07) is 5.26. The molecule has 0 radical (unpaired) electrons. The van der Waals surface area contributed by atoms with Crippen LogP contribution in [0.5, 0.6) is 0 Å². The number of nitrogens with zero attached hydrogens (tertiary/aromatic N) is 2. The number of rotatable bonds is 3. The van der Waals surface area contributed by atoms with Crippen molar-refractivity contribution < 1.29 is 19.2 Å². The van der Waals surface area contributed by atoms with Crippen LogP contribution in [0, 0.1) is 10.1 Å². The summed E-state index contributed by atoms with van der Waals surface area (Å²) in [7, 11) is 0. The summed E-state index contributed by atoms with van der Waals surface area (Å²) in [5.74, 6) is -1.15. The summed E-state index contributed by atoms with van der Waals surface area (Å²) >= 11 is 0. The van der Waals surface area contributed by atoms with Gasteiger partial charge in [0.05, 0.1) is 16.2 Å². The van der Waals surface area contributed by atoms with Gasteiger partial charge in [-0.2, -0.15) is 0 Å². The first-order chi connectivity index (χ1) is 11.2. The fourth-order valence-electron chi connectivity index (χ4n) is 2.36. The highest BCUT2D eigenvalue weighted by Gasteiger charge is 2.35. The number of aliphatic imine (C=N–C) groups is 1. The lowest BCUT2D eigenvalue weighted by Crippen LogP contribution is -2.41. The van der Waals surface area contributed by atoms with Crippen molar-refractivity contribution in [2.45, 2.75) is 26.4 Å². The number of nitro groups is 1. The first-order valence-corrected chi connectivity index (χ1v) is 7.17. The van der Waals surface area contributed by atoms with E-state index in [9.17, 15) is 19.7 Å². The molecule has 1 amide bonds. The van der Waals surface area contributed by atoms with Gasteiger partial charge in [-0.1, -0.05) is 18.2 Å². The van der Waals surface area contributed by atoms with Crippen molar-refractivity contribution in [2.75, 3.05) is 0 Å². The minimum absolute atomic E-state index is 0.0493. The highest BCUT2D eigenvalue weighted by atomic mass is 16.6. The van der Waals surface area contributed by atoms with Gasteiger partial charge in [-0.3, -0.25) is 14.9 Å². The number of ether oxygens (including phenoxy) is 1. The van der Waals surface area contributed by atoms with Gasteiger partial charge in [0, 0.05) is 19.1 Å². The average molecular weight is 328 g/mol. The molecule has 1 aliphatic rings. The van der Waals surface area contributed by atoms with E-state index < -0.39 is 22.4 Å². The largest absolute Gasteiger partial charge is 0.445 e. The van der Waals surface area contributed by atoms with Gasteiger partial charge in [0.2, 0.25) is 5.91 Å². The first-order valence-electron chi connectivity index (χ1n) is 7.17. The molecule has 0 bridgehead atoms. The first kappa shape index (κ1) is 17.3. The Bertz CT molecular complexity index is 807. The second-order valence-corrected chi connectivity index (χ2v) is 5.49. The Balaban J connectivity index is 2.34. The summed E-state index contributed by atoms with van der Waals surface area (Å²) in [5.41, 5.74) is -0.360. The van der Waals surface area contributed by atoms with Crippen molar-refractivity contribution in [2.24, 2.45) is 4.99 Å². The molecule has 1 aliphatic carbocycles. The second kappa shape index (κ2) is 6.57. The molecule has 0 aliphatic heterocycles. The van der Waals surface area contributed by atoms with Crippen molar-refractivity contribution >= 4 is 23.3 Å². The number of amides is 1. The highest BCUT2D eigenvalue weighted by molar-refractivity contribution is 6.13. The molecule has 0 saturated carbocycles. The van der Waals surface area contributed by atoms with E-state index in [1.807, 2.05) is 0 Å². The van der Waals surface area contributed by atoms with Gasteiger partial charge in [0.15, 0.2) is 5.60 Å². The minimum Gasteiger partial charge on any atom is -0.445 e. The Kier molecular flexibility index (Phi) is 4.73. The van der Waals surface area contributed by atoms with Gasteiger partial charge in [-0.25, -0.2) is 9.79 Å². The number of hydrogen-bond donors (Lipinski definition) is 0. The monoisotopic (exact) mass is 328 g/mol. The summed E-state index contributed by atoms with van der Waals surface area (Å²) in [6.45, 7) is 4.67. The number of hydrogen-bond acceptors (Lipinski definition) is 5. The van der Waals surface area contributed by atoms with Crippen molar-refractivity contribution in [3.63, 3.8) is 0 Å². The van der Waals surface area contributed by atoms with Crippen LogP contribution >= 0.6 is 0 Å². The van der Waals surface area contributed by atoms with E-state index >= 15 is 0 Å². The third-order valence-electron chi connectivity index (χ3n) is 3.47. The molecule has 2 rings (SSSR count). The van der Waals surface area contributed by atoms with Crippen LogP contribution in [-0.2, 0) is 9.53 Å². The minimum atomic E-state index is -1.23. The number of carbonyl (C=O) groups excluding carboxylic acids is 2. The van der Waals surface area contributed by atoms with Gasteiger partial charge in [0.1, 0.15) is 0 Å². The molecule has 7 heteroatoms. The van der Waals surface area contributed by atoms with Crippen LogP contribution in [-0.4, -0.2) is 28.1 Å². The third kappa shape index (κ3) is 3.62. The fourth-order valence-corrected chi connectivity index (χ4v) is 2.36. The molecular formula is C17H16N2O5. The Morgan fingerprint density at radius 1 is 1.33 bits per heavy atom. The smallest absolute Gasteiger partial charge is 0.339 e. The standard InChI is InChI=1S/C17H16N2O5/c1-11-6-5-9-17(3,15(11)18-12(2)20)24-16(21)13-7-4-8-14(10-13)19(22)23/h4-10H,1-3H3. The molecule has 0 N–H and O–H groups in total. The molecule has 1 atom stereocenters. The Hall–Kier alpha value is -3.09. The van der Waals surface area contributed by atoms with Gasteiger partial charge >= 0.3 is 5.97 Å². The number of benzene rings is 1. The quantitative estimate of drug-likeness (QED) is 0.482. The maximum atomic E-state index is 12.4. The van der Waals surface area contributed by atoms with Gasteiger partial charge in [0.25, 0.3) is 5.69 Å². The lowest BCUT2D eigenvalue weighted by Gasteiger charge is -2.30. The van der Waals surface area contributed by atoms with E-state index in [0.29, 0.717) is 11.3 Å². The predicted molar refractivity (Wildman–Crippen MR) is 87.9 cm³/mol. The van der Waals surface area contributed by atoms with E-state index in [1.165, 1.54) is 25.1 Å². The van der Waals surface area contributed by atoms with Crippen LogP contribution in [0.2, 0.25) is 0 Å². The summed E-state index contributed by atoms with van der Waals surface area (Å²) < 4.78 is 5.51. The Labute approximate surface area is 138 Å². The van der Waals surface area contributed by atoms with Crippen molar-refractivity contribution in [1.82, 2.24) is 0 Å². The summed E-state index contributed by atoms with van der Waals surface area (Å²) in [4.78, 5) is 37.9. The van der Waals surface area contributed by atoms with E-state index in [-0.39, 0.29) is 11.3 Å². The molecule has 0 saturated heterocycles. The normalized spacial score (nSPS) is 21.3. The summed E-state index contributed by atoms with van der Waals surface area (Å²) in [5, 5.41) is 10.8. The van der Waals surface area contributed by atoms with Gasteiger partial charge in [-0.05, 0) is 31.6 Å². The Morgan fingerprint density at radius 3 is 2.67 bits per heavy atom. The molecule has 7 nitrogen and oxygen atoms in total. The molecule has 1 unspecified atom stereocenters. The van der Waals surface area contributed by atoms with E-state index in [4.69, 9.17) is 4.74 Å². The molecule has 0 heterocycles. The van der Waals surface area contributed by atoms with Crippen LogP contribution in [0.3, 0.4) is 0 Å². The van der Waals surface area contributed by atoms with Crippen LogP contribution in [0.1, 0.15) is 31.1 Å². The van der Waals surface area contributed by atoms with Gasteiger partial charge < -0.3 is 4.74 Å². The van der Waals surface area contributed by atoms with Gasteiger partial charge in [-0.15, -0.1) is 0 Å². The molecule has 24 heavy (non-hydrogen) atoms. The lowest BCUT2D eigenvalue weighted by molar-refractivity contribution is -0.384. The maximum Gasteiger partial charge on any atom is 0.339 e. The number of esters is 1. The molecule has 0 fully saturated rings. The number of carbonyl (C=O) groups is 2. The van der Waals surface area contributed by atoms with E-state index in [0.717, 1.165) is 6.07 Å². The molecule has 1 aromatic carbocycles. The van der Waals surface area contributed by atoms with E-state index in [2.05, 4.69) is 4.99 Å². The zero-order chi connectivity index (χ0) is 17.9. The predicted octanol–water partition coefficient (Wildman–Crippen LogP) is 3.01. The molecule has 0 spiro atoms. The van der Waals surface area contributed by atoms with Crippen LogP contribution < -0.4 is 0 Å². The zero-order valence-corrected chi connectivity index (χ0v) is 13.5. The number of nitro benzene ring substituents is 1. The average Bonchev–Trinajstić information content (AvgIpc) is 2.51. The second-order valence-electron chi connectivity index (χ2n) is 5.49. The SMILES string of the molecule is CC(=O)N=C1C(C)=CC=CC1(C)OC(=O)c1cccc([N+](=O)[O-])c1. The fraction of sp³-hybridized carbons (Fsp3) is 0.235. The van der Waals surface area contributed by atoms with Crippen molar-refractivity contribution in [3.05, 3.63) is 63.7 Å². The van der Waals surface area contributed by atoms with Crippen molar-refractivity contribution in [1.29, 1.82) is 0 Å². The molecule has 1 aromatic rings. The van der Waals surface area contributed by atoms with Crippen LogP contribution in [0.15, 0.2) is 53.1 Å². The topological polar surface area (TPSA) is 98.9 Å². The maximum absolute atomic E-state index is 12.4. The number of allylic oxidation sites excluding steroid dienone is 2. The third-order valence-corrected chi connectivity index (χ3v) is 3.47. The van der Waals surface area contributed by atoms with E-state index in [1.54, 1.807) is 32.1 Å².